The monoisotopic (exact) mass is 317 g/mol. The fourth-order valence-corrected chi connectivity index (χ4v) is 3.47. The van der Waals surface area contributed by atoms with E-state index in [1.165, 1.54) is 0 Å². The molecule has 0 radical (unpaired) electrons. The Bertz CT molecular complexity index is 932. The molecule has 112 valence electrons. The van der Waals surface area contributed by atoms with E-state index in [1.54, 1.807) is 11.3 Å². The summed E-state index contributed by atoms with van der Waals surface area (Å²) in [5.41, 5.74) is 4.65. The Balaban J connectivity index is 1.94. The van der Waals surface area contributed by atoms with E-state index in [9.17, 15) is 5.11 Å². The van der Waals surface area contributed by atoms with Crippen LogP contribution in [0.3, 0.4) is 0 Å². The van der Waals surface area contributed by atoms with Crippen LogP contribution in [0.1, 0.15) is 17.2 Å². The number of fused-ring (bicyclic) bond motifs is 1. The van der Waals surface area contributed by atoms with Crippen LogP contribution in [-0.4, -0.2) is 10.1 Å². The number of hydrogen-bond donors (Lipinski definition) is 1. The minimum Gasteiger partial charge on any atom is -0.384 e. The van der Waals surface area contributed by atoms with Crippen molar-refractivity contribution in [2.75, 3.05) is 0 Å². The molecule has 1 unspecified atom stereocenters. The van der Waals surface area contributed by atoms with E-state index in [2.05, 4.69) is 0 Å². The van der Waals surface area contributed by atoms with Crippen LogP contribution >= 0.6 is 11.3 Å². The van der Waals surface area contributed by atoms with Crippen molar-refractivity contribution in [1.82, 2.24) is 4.98 Å². The van der Waals surface area contributed by atoms with Gasteiger partial charge >= 0.3 is 0 Å². The summed E-state index contributed by atoms with van der Waals surface area (Å²) in [4.78, 5) is 4.76. The first-order valence-electron chi connectivity index (χ1n) is 7.48. The Morgan fingerprint density at radius 2 is 1.70 bits per heavy atom. The van der Waals surface area contributed by atoms with Crippen LogP contribution in [0.4, 0.5) is 0 Å². The van der Waals surface area contributed by atoms with Crippen molar-refractivity contribution >= 4 is 22.2 Å². The summed E-state index contributed by atoms with van der Waals surface area (Å²) in [6.45, 7) is 0. The number of aliphatic hydroxyl groups excluding tert-OH is 1. The first-order chi connectivity index (χ1) is 11.3. The lowest BCUT2D eigenvalue weighted by Crippen LogP contribution is -2.01. The number of thiophene rings is 1. The minimum atomic E-state index is -0.642. The van der Waals surface area contributed by atoms with E-state index < -0.39 is 6.10 Å². The molecule has 2 aromatic carbocycles. The Morgan fingerprint density at radius 3 is 2.48 bits per heavy atom. The van der Waals surface area contributed by atoms with Crippen LogP contribution in [0.2, 0.25) is 0 Å². The topological polar surface area (TPSA) is 33.1 Å². The summed E-state index contributed by atoms with van der Waals surface area (Å²) < 4.78 is 0. The first kappa shape index (κ1) is 14.1. The van der Waals surface area contributed by atoms with E-state index in [0.717, 1.165) is 33.3 Å². The largest absolute Gasteiger partial charge is 0.384 e. The third kappa shape index (κ3) is 2.65. The maximum absolute atomic E-state index is 10.8. The summed E-state index contributed by atoms with van der Waals surface area (Å²) in [7, 11) is 0. The van der Waals surface area contributed by atoms with Crippen LogP contribution in [0, 0.1) is 0 Å². The van der Waals surface area contributed by atoms with Crippen LogP contribution in [0.15, 0.2) is 77.5 Å². The van der Waals surface area contributed by atoms with E-state index in [1.807, 2.05) is 77.5 Å². The number of pyridine rings is 1. The Labute approximate surface area is 138 Å². The number of aliphatic hydroxyl groups is 1. The molecule has 0 aliphatic heterocycles. The fraction of sp³-hybridized carbons (Fsp3) is 0.0500. The zero-order valence-corrected chi connectivity index (χ0v) is 13.2. The number of rotatable bonds is 3. The lowest BCUT2D eigenvalue weighted by atomic mass is 9.97. The van der Waals surface area contributed by atoms with E-state index in [4.69, 9.17) is 4.98 Å². The molecule has 2 heterocycles. The molecule has 4 aromatic rings. The lowest BCUT2D eigenvalue weighted by Gasteiger charge is -2.14. The Morgan fingerprint density at radius 1 is 0.913 bits per heavy atom. The highest BCUT2D eigenvalue weighted by Gasteiger charge is 2.16. The summed E-state index contributed by atoms with van der Waals surface area (Å²) in [5.74, 6) is 0. The van der Waals surface area contributed by atoms with Gasteiger partial charge in [0.15, 0.2) is 0 Å². The second kappa shape index (κ2) is 5.95. The Hall–Kier alpha value is -2.49. The molecule has 0 bridgehead atoms. The standard InChI is InChI=1S/C20H15NOS/c22-20(15-10-11-23-13-15)17-12-19(14-6-2-1-3-7-14)21-18-9-5-4-8-16(17)18/h1-13,20,22H. The van der Waals surface area contributed by atoms with Crippen molar-refractivity contribution in [3.05, 3.63) is 88.6 Å². The first-order valence-corrected chi connectivity index (χ1v) is 8.42. The van der Waals surface area contributed by atoms with Gasteiger partial charge in [-0.2, -0.15) is 11.3 Å². The van der Waals surface area contributed by atoms with Crippen molar-refractivity contribution in [2.24, 2.45) is 0 Å². The normalized spacial score (nSPS) is 12.4. The van der Waals surface area contributed by atoms with Crippen molar-refractivity contribution < 1.29 is 5.11 Å². The lowest BCUT2D eigenvalue weighted by molar-refractivity contribution is 0.222. The van der Waals surface area contributed by atoms with Gasteiger partial charge in [-0.1, -0.05) is 48.5 Å². The number of aromatic nitrogens is 1. The van der Waals surface area contributed by atoms with Crippen molar-refractivity contribution in [2.45, 2.75) is 6.10 Å². The Kier molecular flexibility index (Phi) is 3.66. The molecular formula is C20H15NOS. The van der Waals surface area contributed by atoms with Gasteiger partial charge in [0.2, 0.25) is 0 Å². The number of benzene rings is 2. The van der Waals surface area contributed by atoms with Crippen molar-refractivity contribution in [1.29, 1.82) is 0 Å². The minimum absolute atomic E-state index is 0.642. The molecule has 4 rings (SSSR count). The number of para-hydroxylation sites is 1. The van der Waals surface area contributed by atoms with Gasteiger partial charge in [0.25, 0.3) is 0 Å². The maximum atomic E-state index is 10.8. The van der Waals surface area contributed by atoms with Crippen LogP contribution in [0.25, 0.3) is 22.2 Å². The zero-order valence-electron chi connectivity index (χ0n) is 12.4. The quantitative estimate of drug-likeness (QED) is 0.574. The molecule has 2 aromatic heterocycles. The summed E-state index contributed by atoms with van der Waals surface area (Å²) in [5, 5.41) is 15.8. The van der Waals surface area contributed by atoms with Crippen LogP contribution < -0.4 is 0 Å². The van der Waals surface area contributed by atoms with E-state index in [-0.39, 0.29) is 0 Å². The highest BCUT2D eigenvalue weighted by molar-refractivity contribution is 7.08. The van der Waals surface area contributed by atoms with Gasteiger partial charge in [-0.15, -0.1) is 0 Å². The average molecular weight is 317 g/mol. The molecule has 0 aliphatic carbocycles. The summed E-state index contributed by atoms with van der Waals surface area (Å²) in [6.07, 6.45) is -0.642. The van der Waals surface area contributed by atoms with Gasteiger partial charge in [-0.3, -0.25) is 0 Å². The van der Waals surface area contributed by atoms with Crippen molar-refractivity contribution in [3.8, 4) is 11.3 Å². The number of hydrogen-bond acceptors (Lipinski definition) is 3. The van der Waals surface area contributed by atoms with E-state index in [0.29, 0.717) is 0 Å². The molecule has 0 aliphatic rings. The smallest absolute Gasteiger partial charge is 0.106 e. The van der Waals surface area contributed by atoms with Crippen LogP contribution in [-0.2, 0) is 0 Å². The van der Waals surface area contributed by atoms with Gasteiger partial charge in [-0.05, 0) is 40.1 Å². The molecule has 0 saturated heterocycles. The third-order valence-electron chi connectivity index (χ3n) is 3.97. The molecule has 0 saturated carbocycles. The maximum Gasteiger partial charge on any atom is 0.106 e. The van der Waals surface area contributed by atoms with Gasteiger partial charge in [-0.25, -0.2) is 4.98 Å². The molecule has 0 spiro atoms. The fourth-order valence-electron chi connectivity index (χ4n) is 2.80. The predicted octanol–water partition coefficient (Wildman–Crippen LogP) is 5.05. The van der Waals surface area contributed by atoms with Gasteiger partial charge in [0, 0.05) is 10.9 Å². The van der Waals surface area contributed by atoms with Gasteiger partial charge < -0.3 is 5.11 Å². The van der Waals surface area contributed by atoms with Gasteiger partial charge in [0.1, 0.15) is 6.10 Å². The number of nitrogens with zero attached hydrogens (tertiary/aromatic N) is 1. The van der Waals surface area contributed by atoms with Crippen LogP contribution in [0.5, 0.6) is 0 Å². The SMILES string of the molecule is OC(c1ccsc1)c1cc(-c2ccccc2)nc2ccccc12. The highest BCUT2D eigenvalue weighted by Crippen LogP contribution is 2.32. The molecule has 3 heteroatoms. The van der Waals surface area contributed by atoms with Crippen molar-refractivity contribution in [3.63, 3.8) is 0 Å². The van der Waals surface area contributed by atoms with E-state index >= 15 is 0 Å². The molecule has 1 N–H and O–H groups in total. The average Bonchev–Trinajstić information content (AvgIpc) is 3.15. The molecule has 1 atom stereocenters. The summed E-state index contributed by atoms with van der Waals surface area (Å²) >= 11 is 1.59. The highest BCUT2D eigenvalue weighted by atomic mass is 32.1. The molecule has 0 fully saturated rings. The second-order valence-electron chi connectivity index (χ2n) is 5.44. The molecular weight excluding hydrogens is 302 g/mol. The summed E-state index contributed by atoms with van der Waals surface area (Å²) in [6, 6.07) is 22.0. The second-order valence-corrected chi connectivity index (χ2v) is 6.22. The predicted molar refractivity (Wildman–Crippen MR) is 95.6 cm³/mol. The van der Waals surface area contributed by atoms with Gasteiger partial charge in [0.05, 0.1) is 11.2 Å². The molecule has 2 nitrogen and oxygen atoms in total. The molecule has 23 heavy (non-hydrogen) atoms. The zero-order chi connectivity index (χ0) is 15.6. The molecule has 0 amide bonds. The third-order valence-corrected chi connectivity index (χ3v) is 4.67.